The first-order valence-corrected chi connectivity index (χ1v) is 5.17. The molecular weight excluding hydrogens is 218 g/mol. The Balaban J connectivity index is 2.80. The van der Waals surface area contributed by atoms with E-state index in [1.165, 1.54) is 11.3 Å². The maximum Gasteiger partial charge on any atom is 0.0991 e. The molecule has 2 nitrogen and oxygen atoms in total. The van der Waals surface area contributed by atoms with Crippen LogP contribution in [0.4, 0.5) is 0 Å². The Hall–Kier alpha value is -1.08. The number of rotatable bonds is 1. The number of halogens is 1. The minimum atomic E-state index is -0.0666. The van der Waals surface area contributed by atoms with Gasteiger partial charge < -0.3 is 5.11 Å². The van der Waals surface area contributed by atoms with Gasteiger partial charge in [-0.3, -0.25) is 0 Å². The van der Waals surface area contributed by atoms with Gasteiger partial charge in [-0.1, -0.05) is 11.6 Å². The molecule has 0 bridgehead atoms. The van der Waals surface area contributed by atoms with Crippen LogP contribution in [0.3, 0.4) is 0 Å². The summed E-state index contributed by atoms with van der Waals surface area (Å²) in [6.45, 7) is -0.0666. The van der Waals surface area contributed by atoms with Crippen molar-refractivity contribution in [2.75, 3.05) is 0 Å². The summed E-state index contributed by atoms with van der Waals surface area (Å²) in [5.74, 6) is 0. The Labute approximate surface area is 90.0 Å². The lowest BCUT2D eigenvalue weighted by Crippen LogP contribution is -1.84. The maximum absolute atomic E-state index is 9.12. The predicted octanol–water partition coefficient (Wildman–Crippen LogP) is 2.92. The van der Waals surface area contributed by atoms with Crippen LogP contribution in [0.5, 0.6) is 0 Å². The Morgan fingerprint density at radius 1 is 1.43 bits per heavy atom. The first-order chi connectivity index (χ1) is 6.74. The van der Waals surface area contributed by atoms with E-state index in [0.29, 0.717) is 9.90 Å². The quantitative estimate of drug-likeness (QED) is 0.808. The fraction of sp³-hybridized carbons (Fsp3) is 0.100. The Bertz CT molecular complexity index is 527. The van der Waals surface area contributed by atoms with Gasteiger partial charge in [0.2, 0.25) is 0 Å². The van der Waals surface area contributed by atoms with Crippen molar-refractivity contribution < 1.29 is 5.11 Å². The molecule has 1 aromatic heterocycles. The minimum absolute atomic E-state index is 0.0666. The molecule has 14 heavy (non-hydrogen) atoms. The van der Waals surface area contributed by atoms with Crippen molar-refractivity contribution in [2.24, 2.45) is 0 Å². The molecule has 0 saturated carbocycles. The van der Waals surface area contributed by atoms with Gasteiger partial charge in [0.15, 0.2) is 0 Å². The molecule has 0 aliphatic rings. The van der Waals surface area contributed by atoms with Crippen molar-refractivity contribution in [1.29, 1.82) is 5.26 Å². The number of nitrogens with zero attached hydrogens (tertiary/aromatic N) is 1. The molecule has 0 saturated heterocycles. The molecule has 4 heteroatoms. The van der Waals surface area contributed by atoms with E-state index in [1.54, 1.807) is 12.1 Å². The summed E-state index contributed by atoms with van der Waals surface area (Å²) in [6.07, 6.45) is 0. The molecule has 2 rings (SSSR count). The lowest BCUT2D eigenvalue weighted by atomic mass is 10.1. The van der Waals surface area contributed by atoms with Gasteiger partial charge in [0.25, 0.3) is 0 Å². The van der Waals surface area contributed by atoms with E-state index in [2.05, 4.69) is 6.07 Å². The number of benzene rings is 1. The molecule has 0 fully saturated rings. The Kier molecular flexibility index (Phi) is 2.42. The summed E-state index contributed by atoms with van der Waals surface area (Å²) in [6, 6.07) is 7.32. The van der Waals surface area contributed by atoms with Gasteiger partial charge in [-0.05, 0) is 29.1 Å². The van der Waals surface area contributed by atoms with Crippen LogP contribution in [0.15, 0.2) is 18.2 Å². The molecule has 0 aliphatic carbocycles. The molecule has 1 heterocycles. The first-order valence-electron chi connectivity index (χ1n) is 3.97. The van der Waals surface area contributed by atoms with E-state index in [4.69, 9.17) is 22.0 Å². The summed E-state index contributed by atoms with van der Waals surface area (Å²) in [4.78, 5) is 0. The van der Waals surface area contributed by atoms with E-state index in [9.17, 15) is 0 Å². The smallest absolute Gasteiger partial charge is 0.0991 e. The summed E-state index contributed by atoms with van der Waals surface area (Å²) in [5, 5.41) is 18.8. The van der Waals surface area contributed by atoms with Gasteiger partial charge >= 0.3 is 0 Å². The molecule has 0 amide bonds. The topological polar surface area (TPSA) is 44.0 Å². The third-order valence-corrected chi connectivity index (χ3v) is 3.32. The second-order valence-electron chi connectivity index (χ2n) is 2.87. The summed E-state index contributed by atoms with van der Waals surface area (Å²) in [5.41, 5.74) is 1.31. The van der Waals surface area contributed by atoms with Crippen LogP contribution < -0.4 is 0 Å². The van der Waals surface area contributed by atoms with E-state index in [-0.39, 0.29) is 6.61 Å². The van der Waals surface area contributed by atoms with Crippen molar-refractivity contribution >= 4 is 33.0 Å². The lowest BCUT2D eigenvalue weighted by Gasteiger charge is -1.98. The normalized spacial score (nSPS) is 10.4. The molecule has 0 spiro atoms. The molecular formula is C10H6ClNOS. The third-order valence-electron chi connectivity index (χ3n) is 1.96. The minimum Gasteiger partial charge on any atom is -0.392 e. The average Bonchev–Trinajstić information content (AvgIpc) is 2.56. The monoisotopic (exact) mass is 223 g/mol. The number of hydrogen-bond donors (Lipinski definition) is 1. The van der Waals surface area contributed by atoms with Crippen molar-refractivity contribution in [3.8, 4) is 6.07 Å². The molecule has 0 unspecified atom stereocenters. The van der Waals surface area contributed by atoms with Crippen LogP contribution in [0.2, 0.25) is 4.34 Å². The van der Waals surface area contributed by atoms with Gasteiger partial charge in [0.1, 0.15) is 0 Å². The van der Waals surface area contributed by atoms with Crippen LogP contribution in [-0.4, -0.2) is 5.11 Å². The van der Waals surface area contributed by atoms with Crippen LogP contribution in [0.25, 0.3) is 10.1 Å². The largest absolute Gasteiger partial charge is 0.392 e. The van der Waals surface area contributed by atoms with Crippen LogP contribution in [-0.2, 0) is 6.61 Å². The van der Waals surface area contributed by atoms with Gasteiger partial charge in [0, 0.05) is 4.70 Å². The number of nitriles is 1. The zero-order valence-electron chi connectivity index (χ0n) is 7.12. The highest BCUT2D eigenvalue weighted by molar-refractivity contribution is 7.22. The van der Waals surface area contributed by atoms with Crippen LogP contribution in [0, 0.1) is 11.3 Å². The van der Waals surface area contributed by atoms with Crippen LogP contribution in [0.1, 0.15) is 11.1 Å². The van der Waals surface area contributed by atoms with Gasteiger partial charge in [0.05, 0.1) is 22.6 Å². The highest BCUT2D eigenvalue weighted by Crippen LogP contribution is 2.32. The van der Waals surface area contributed by atoms with Crippen molar-refractivity contribution in [1.82, 2.24) is 0 Å². The van der Waals surface area contributed by atoms with Crippen molar-refractivity contribution in [2.45, 2.75) is 6.61 Å². The second-order valence-corrected chi connectivity index (χ2v) is 4.56. The molecule has 0 atom stereocenters. The Morgan fingerprint density at radius 3 is 2.86 bits per heavy atom. The summed E-state index contributed by atoms with van der Waals surface area (Å²) < 4.78 is 1.63. The maximum atomic E-state index is 9.12. The van der Waals surface area contributed by atoms with Crippen LogP contribution >= 0.6 is 22.9 Å². The van der Waals surface area contributed by atoms with E-state index >= 15 is 0 Å². The molecule has 1 aromatic carbocycles. The molecule has 1 N–H and O–H groups in total. The molecule has 2 aromatic rings. The van der Waals surface area contributed by atoms with E-state index in [0.717, 1.165) is 15.6 Å². The molecule has 70 valence electrons. The standard InChI is InChI=1S/C10H6ClNOS/c11-9-3-7-1-6(4-12)2-8(5-13)10(7)14-9/h1-3,13H,5H2. The second kappa shape index (κ2) is 3.58. The molecule has 0 radical (unpaired) electrons. The zero-order valence-corrected chi connectivity index (χ0v) is 8.69. The predicted molar refractivity (Wildman–Crippen MR) is 57.5 cm³/mol. The number of fused-ring (bicyclic) bond motifs is 1. The fourth-order valence-corrected chi connectivity index (χ4v) is 2.60. The summed E-state index contributed by atoms with van der Waals surface area (Å²) >= 11 is 7.28. The SMILES string of the molecule is N#Cc1cc(CO)c2sc(Cl)cc2c1. The third kappa shape index (κ3) is 1.48. The highest BCUT2D eigenvalue weighted by Gasteiger charge is 2.06. The zero-order chi connectivity index (χ0) is 10.1. The number of hydrogen-bond acceptors (Lipinski definition) is 3. The highest BCUT2D eigenvalue weighted by atomic mass is 35.5. The van der Waals surface area contributed by atoms with Crippen molar-refractivity contribution in [3.05, 3.63) is 33.7 Å². The first kappa shape index (κ1) is 9.47. The van der Waals surface area contributed by atoms with Crippen molar-refractivity contribution in [3.63, 3.8) is 0 Å². The van der Waals surface area contributed by atoms with Gasteiger partial charge in [-0.15, -0.1) is 11.3 Å². The van der Waals surface area contributed by atoms with E-state index in [1.807, 2.05) is 6.07 Å². The average molecular weight is 224 g/mol. The lowest BCUT2D eigenvalue weighted by molar-refractivity contribution is 0.283. The number of thiophene rings is 1. The fourth-order valence-electron chi connectivity index (χ4n) is 1.38. The van der Waals surface area contributed by atoms with E-state index < -0.39 is 0 Å². The van der Waals surface area contributed by atoms with Gasteiger partial charge in [-0.2, -0.15) is 5.26 Å². The molecule has 0 aliphatic heterocycles. The van der Waals surface area contributed by atoms with Gasteiger partial charge in [-0.25, -0.2) is 0 Å². The number of aliphatic hydroxyl groups is 1. The number of aliphatic hydroxyl groups excluding tert-OH is 1. The Morgan fingerprint density at radius 2 is 2.21 bits per heavy atom. The summed E-state index contributed by atoms with van der Waals surface area (Å²) in [7, 11) is 0.